The van der Waals surface area contributed by atoms with Crippen LogP contribution < -0.4 is 5.32 Å². The smallest absolute Gasteiger partial charge is 0.0438 e. The summed E-state index contributed by atoms with van der Waals surface area (Å²) in [6.07, 6.45) is 2.13. The second-order valence-corrected chi connectivity index (χ2v) is 6.01. The standard InChI is InChI=1S/C19H24ClN/c1-3-12-21-14-18(16-10-8-15(2)9-11-16)13-17-6-4-5-7-19(17)20/h4-11,18,21H,3,12-14H2,1-2H3. The normalized spacial score (nSPS) is 12.3. The third-order valence-corrected chi connectivity index (χ3v) is 4.16. The molecule has 0 heterocycles. The van der Waals surface area contributed by atoms with Gasteiger partial charge in [0.15, 0.2) is 0 Å². The molecule has 0 amide bonds. The van der Waals surface area contributed by atoms with E-state index in [0.29, 0.717) is 5.92 Å². The number of halogens is 1. The Hall–Kier alpha value is -1.31. The minimum Gasteiger partial charge on any atom is -0.316 e. The van der Waals surface area contributed by atoms with Gasteiger partial charge in [0.2, 0.25) is 0 Å². The van der Waals surface area contributed by atoms with Crippen LogP contribution in [0.25, 0.3) is 0 Å². The molecular weight excluding hydrogens is 278 g/mol. The molecule has 0 saturated heterocycles. The van der Waals surface area contributed by atoms with Crippen LogP contribution in [0.2, 0.25) is 5.02 Å². The Morgan fingerprint density at radius 2 is 1.76 bits per heavy atom. The molecule has 0 spiro atoms. The molecule has 112 valence electrons. The van der Waals surface area contributed by atoms with Gasteiger partial charge in [-0.2, -0.15) is 0 Å². The number of benzene rings is 2. The monoisotopic (exact) mass is 301 g/mol. The lowest BCUT2D eigenvalue weighted by atomic mass is 9.91. The van der Waals surface area contributed by atoms with E-state index >= 15 is 0 Å². The van der Waals surface area contributed by atoms with Gasteiger partial charge in [-0.1, -0.05) is 66.6 Å². The van der Waals surface area contributed by atoms with E-state index in [9.17, 15) is 0 Å². The molecule has 1 unspecified atom stereocenters. The third-order valence-electron chi connectivity index (χ3n) is 3.79. The molecule has 2 aromatic carbocycles. The van der Waals surface area contributed by atoms with Crippen molar-refractivity contribution in [3.63, 3.8) is 0 Å². The fraction of sp³-hybridized carbons (Fsp3) is 0.368. The van der Waals surface area contributed by atoms with Crippen LogP contribution in [0.5, 0.6) is 0 Å². The van der Waals surface area contributed by atoms with Crippen LogP contribution in [0.15, 0.2) is 48.5 Å². The van der Waals surface area contributed by atoms with E-state index in [4.69, 9.17) is 11.6 Å². The van der Waals surface area contributed by atoms with Crippen molar-refractivity contribution < 1.29 is 0 Å². The number of hydrogen-bond acceptors (Lipinski definition) is 1. The summed E-state index contributed by atoms with van der Waals surface area (Å²) in [5.41, 5.74) is 3.91. The summed E-state index contributed by atoms with van der Waals surface area (Å²) in [6.45, 7) is 6.37. The van der Waals surface area contributed by atoms with Crippen molar-refractivity contribution in [3.05, 3.63) is 70.2 Å². The Kier molecular flexibility index (Phi) is 6.28. The highest BCUT2D eigenvalue weighted by Gasteiger charge is 2.13. The minimum atomic E-state index is 0.456. The molecule has 0 radical (unpaired) electrons. The fourth-order valence-corrected chi connectivity index (χ4v) is 2.74. The Bertz CT molecular complexity index is 548. The number of hydrogen-bond donors (Lipinski definition) is 1. The van der Waals surface area contributed by atoms with Crippen LogP contribution >= 0.6 is 11.6 Å². The molecule has 1 atom stereocenters. The van der Waals surface area contributed by atoms with Crippen molar-refractivity contribution >= 4 is 11.6 Å². The van der Waals surface area contributed by atoms with Gasteiger partial charge in [0, 0.05) is 17.5 Å². The molecule has 2 rings (SSSR count). The van der Waals surface area contributed by atoms with E-state index < -0.39 is 0 Å². The van der Waals surface area contributed by atoms with E-state index in [-0.39, 0.29) is 0 Å². The molecule has 21 heavy (non-hydrogen) atoms. The van der Waals surface area contributed by atoms with Crippen LogP contribution in [0.4, 0.5) is 0 Å². The van der Waals surface area contributed by atoms with Crippen molar-refractivity contribution in [2.75, 3.05) is 13.1 Å². The minimum absolute atomic E-state index is 0.456. The first kappa shape index (κ1) is 16.1. The summed E-state index contributed by atoms with van der Waals surface area (Å²) >= 11 is 6.32. The average Bonchev–Trinajstić information content (AvgIpc) is 2.49. The molecular formula is C19H24ClN. The lowest BCUT2D eigenvalue weighted by Gasteiger charge is -2.19. The second-order valence-electron chi connectivity index (χ2n) is 5.61. The van der Waals surface area contributed by atoms with Crippen molar-refractivity contribution in [2.24, 2.45) is 0 Å². The molecule has 0 aliphatic rings. The Balaban J connectivity index is 2.15. The third kappa shape index (κ3) is 4.87. The van der Waals surface area contributed by atoms with Crippen molar-refractivity contribution in [1.29, 1.82) is 0 Å². The quantitative estimate of drug-likeness (QED) is 0.712. The molecule has 1 N–H and O–H groups in total. The number of rotatable bonds is 7. The van der Waals surface area contributed by atoms with E-state index in [1.165, 1.54) is 16.7 Å². The average molecular weight is 302 g/mol. The predicted molar refractivity (Wildman–Crippen MR) is 92.2 cm³/mol. The molecule has 0 bridgehead atoms. The molecule has 0 aliphatic carbocycles. The summed E-state index contributed by atoms with van der Waals surface area (Å²) < 4.78 is 0. The van der Waals surface area contributed by atoms with Crippen molar-refractivity contribution in [3.8, 4) is 0 Å². The Morgan fingerprint density at radius 3 is 2.43 bits per heavy atom. The zero-order chi connectivity index (χ0) is 15.1. The highest BCUT2D eigenvalue weighted by Crippen LogP contribution is 2.25. The summed E-state index contributed by atoms with van der Waals surface area (Å²) in [7, 11) is 0. The summed E-state index contributed by atoms with van der Waals surface area (Å²) in [5.74, 6) is 0.456. The van der Waals surface area contributed by atoms with Gasteiger partial charge in [-0.3, -0.25) is 0 Å². The predicted octanol–water partition coefficient (Wildman–Crippen LogP) is 4.97. The van der Waals surface area contributed by atoms with Gasteiger partial charge < -0.3 is 5.32 Å². The summed E-state index contributed by atoms with van der Waals surface area (Å²) in [5, 5.41) is 4.41. The molecule has 0 aliphatic heterocycles. The van der Waals surface area contributed by atoms with E-state index in [1.54, 1.807) is 0 Å². The molecule has 2 aromatic rings. The van der Waals surface area contributed by atoms with Crippen LogP contribution in [-0.2, 0) is 6.42 Å². The number of aryl methyl sites for hydroxylation is 1. The first-order valence-corrected chi connectivity index (χ1v) is 8.09. The molecule has 0 fully saturated rings. The Morgan fingerprint density at radius 1 is 1.05 bits per heavy atom. The van der Waals surface area contributed by atoms with Crippen molar-refractivity contribution in [2.45, 2.75) is 32.6 Å². The van der Waals surface area contributed by atoms with Gasteiger partial charge in [-0.25, -0.2) is 0 Å². The molecule has 0 saturated carbocycles. The SMILES string of the molecule is CCCNCC(Cc1ccccc1Cl)c1ccc(C)cc1. The fourth-order valence-electron chi connectivity index (χ4n) is 2.53. The largest absolute Gasteiger partial charge is 0.316 e. The zero-order valence-electron chi connectivity index (χ0n) is 12.9. The van der Waals surface area contributed by atoms with E-state index in [1.807, 2.05) is 12.1 Å². The van der Waals surface area contributed by atoms with Gasteiger partial charge in [0.25, 0.3) is 0 Å². The van der Waals surface area contributed by atoms with Crippen LogP contribution in [-0.4, -0.2) is 13.1 Å². The van der Waals surface area contributed by atoms with Crippen LogP contribution in [0.3, 0.4) is 0 Å². The molecule has 2 heteroatoms. The van der Waals surface area contributed by atoms with E-state index in [0.717, 1.165) is 31.0 Å². The maximum Gasteiger partial charge on any atom is 0.0438 e. The van der Waals surface area contributed by atoms with Gasteiger partial charge in [-0.05, 0) is 43.5 Å². The Labute approximate surface area is 133 Å². The lowest BCUT2D eigenvalue weighted by Crippen LogP contribution is -2.23. The molecule has 1 nitrogen and oxygen atoms in total. The lowest BCUT2D eigenvalue weighted by molar-refractivity contribution is 0.576. The van der Waals surface area contributed by atoms with Crippen molar-refractivity contribution in [1.82, 2.24) is 5.32 Å². The maximum absolute atomic E-state index is 6.32. The second kappa shape index (κ2) is 8.21. The van der Waals surface area contributed by atoms with E-state index in [2.05, 4.69) is 55.6 Å². The summed E-state index contributed by atoms with van der Waals surface area (Å²) in [6, 6.07) is 17.0. The van der Waals surface area contributed by atoms with Gasteiger partial charge >= 0.3 is 0 Å². The zero-order valence-corrected chi connectivity index (χ0v) is 13.7. The highest BCUT2D eigenvalue weighted by atomic mass is 35.5. The van der Waals surface area contributed by atoms with Crippen LogP contribution in [0.1, 0.15) is 36.0 Å². The first-order chi connectivity index (χ1) is 10.2. The van der Waals surface area contributed by atoms with Gasteiger partial charge in [0.1, 0.15) is 0 Å². The topological polar surface area (TPSA) is 12.0 Å². The first-order valence-electron chi connectivity index (χ1n) is 7.71. The number of nitrogens with one attached hydrogen (secondary N) is 1. The van der Waals surface area contributed by atoms with Gasteiger partial charge in [-0.15, -0.1) is 0 Å². The highest BCUT2D eigenvalue weighted by molar-refractivity contribution is 6.31. The maximum atomic E-state index is 6.32. The molecule has 0 aromatic heterocycles. The summed E-state index contributed by atoms with van der Waals surface area (Å²) in [4.78, 5) is 0. The van der Waals surface area contributed by atoms with Gasteiger partial charge in [0.05, 0.1) is 0 Å². The van der Waals surface area contributed by atoms with Crippen LogP contribution in [0, 0.1) is 6.92 Å².